The van der Waals surface area contributed by atoms with Crippen LogP contribution in [0.5, 0.6) is 0 Å². The number of nitrogens with two attached hydrogens (primary N) is 1. The van der Waals surface area contributed by atoms with Gasteiger partial charge in [0.15, 0.2) is 0 Å². The highest BCUT2D eigenvalue weighted by atomic mass is 32.2. The van der Waals surface area contributed by atoms with E-state index in [1.54, 1.807) is 0 Å². The molecule has 0 radical (unpaired) electrons. The lowest BCUT2D eigenvalue weighted by atomic mass is 9.84. The fourth-order valence-corrected chi connectivity index (χ4v) is 2.70. The van der Waals surface area contributed by atoms with Crippen LogP contribution in [0.2, 0.25) is 0 Å². The predicted molar refractivity (Wildman–Crippen MR) is 82.4 cm³/mol. The summed E-state index contributed by atoms with van der Waals surface area (Å²) in [6.45, 7) is 11.5. The highest BCUT2D eigenvalue weighted by molar-refractivity contribution is 7.99. The number of nitrogens with one attached hydrogen (secondary N) is 1. The van der Waals surface area contributed by atoms with Gasteiger partial charge in [0.05, 0.1) is 0 Å². The van der Waals surface area contributed by atoms with Gasteiger partial charge in [-0.25, -0.2) is 0 Å². The van der Waals surface area contributed by atoms with Crippen molar-refractivity contribution in [2.75, 3.05) is 19.6 Å². The predicted octanol–water partition coefficient (Wildman–Crippen LogP) is 3.01. The Morgan fingerprint density at radius 1 is 1.22 bits per heavy atom. The lowest BCUT2D eigenvalue weighted by molar-refractivity contribution is 0.473. The van der Waals surface area contributed by atoms with Crippen molar-refractivity contribution in [2.24, 2.45) is 5.73 Å². The second kappa shape index (κ2) is 7.17. The molecule has 18 heavy (non-hydrogen) atoms. The van der Waals surface area contributed by atoms with Gasteiger partial charge in [-0.2, -0.15) is 0 Å². The van der Waals surface area contributed by atoms with Gasteiger partial charge in [0.1, 0.15) is 0 Å². The molecule has 0 amide bonds. The van der Waals surface area contributed by atoms with E-state index in [1.165, 1.54) is 10.5 Å². The van der Waals surface area contributed by atoms with Gasteiger partial charge in [0, 0.05) is 35.2 Å². The van der Waals surface area contributed by atoms with Crippen LogP contribution >= 0.6 is 11.8 Å². The Morgan fingerprint density at radius 3 is 2.33 bits per heavy atom. The number of benzene rings is 1. The van der Waals surface area contributed by atoms with Gasteiger partial charge in [-0.1, -0.05) is 39.8 Å². The van der Waals surface area contributed by atoms with Crippen molar-refractivity contribution in [3.63, 3.8) is 0 Å². The van der Waals surface area contributed by atoms with Gasteiger partial charge in [-0.15, -0.1) is 11.8 Å². The first-order valence-electron chi connectivity index (χ1n) is 6.63. The van der Waals surface area contributed by atoms with Crippen LogP contribution < -0.4 is 11.1 Å². The highest BCUT2D eigenvalue weighted by Gasteiger charge is 2.19. The number of thioether (sulfide) groups is 1. The average molecular weight is 266 g/mol. The molecule has 0 aromatic heterocycles. The van der Waals surface area contributed by atoms with Crippen LogP contribution in [0.25, 0.3) is 0 Å². The maximum atomic E-state index is 5.50. The lowest BCUT2D eigenvalue weighted by Crippen LogP contribution is -2.35. The van der Waals surface area contributed by atoms with Crippen molar-refractivity contribution in [2.45, 2.75) is 43.3 Å². The van der Waals surface area contributed by atoms with Crippen LogP contribution in [-0.2, 0) is 5.41 Å². The number of hydrogen-bond acceptors (Lipinski definition) is 3. The normalized spacial score (nSPS) is 12.1. The molecule has 0 aliphatic rings. The molecule has 0 spiro atoms. The van der Waals surface area contributed by atoms with E-state index in [4.69, 9.17) is 5.73 Å². The standard InChI is InChI=1S/C15H26N2S/c1-12(2)18-14-7-5-13(6-8-14)15(3,4)11-17-10-9-16/h5-8,12,17H,9-11,16H2,1-4H3. The Bertz CT molecular complexity index is 344. The lowest BCUT2D eigenvalue weighted by Gasteiger charge is -2.26. The smallest absolute Gasteiger partial charge is 0.00748 e. The fourth-order valence-electron chi connectivity index (χ4n) is 1.86. The minimum Gasteiger partial charge on any atom is -0.329 e. The molecule has 2 nitrogen and oxygen atoms in total. The van der Waals surface area contributed by atoms with Crippen molar-refractivity contribution >= 4 is 11.8 Å². The van der Waals surface area contributed by atoms with E-state index in [0.29, 0.717) is 11.8 Å². The minimum atomic E-state index is 0.149. The Kier molecular flexibility index (Phi) is 6.19. The first kappa shape index (κ1) is 15.5. The second-order valence-electron chi connectivity index (χ2n) is 5.54. The Labute approximate surface area is 116 Å². The summed E-state index contributed by atoms with van der Waals surface area (Å²) in [6.07, 6.45) is 0. The Balaban J connectivity index is 2.65. The van der Waals surface area contributed by atoms with Crippen LogP contribution in [0.3, 0.4) is 0 Å². The Hall–Kier alpha value is -0.510. The van der Waals surface area contributed by atoms with Crippen LogP contribution in [0.1, 0.15) is 33.3 Å². The first-order valence-corrected chi connectivity index (χ1v) is 7.51. The SMILES string of the molecule is CC(C)Sc1ccc(C(C)(C)CNCCN)cc1. The van der Waals surface area contributed by atoms with Crippen molar-refractivity contribution in [1.82, 2.24) is 5.32 Å². The van der Waals surface area contributed by atoms with E-state index < -0.39 is 0 Å². The molecule has 0 saturated carbocycles. The van der Waals surface area contributed by atoms with Crippen molar-refractivity contribution < 1.29 is 0 Å². The quantitative estimate of drug-likeness (QED) is 0.588. The first-order chi connectivity index (χ1) is 8.45. The van der Waals surface area contributed by atoms with E-state index in [1.807, 2.05) is 11.8 Å². The zero-order chi connectivity index (χ0) is 13.6. The molecule has 0 bridgehead atoms. The molecule has 3 N–H and O–H groups in total. The summed E-state index contributed by atoms with van der Waals surface area (Å²) in [5.74, 6) is 0. The molecule has 1 rings (SSSR count). The third kappa shape index (κ3) is 5.01. The van der Waals surface area contributed by atoms with E-state index in [0.717, 1.165) is 13.1 Å². The molecule has 3 heteroatoms. The van der Waals surface area contributed by atoms with Crippen LogP contribution in [0.4, 0.5) is 0 Å². The van der Waals surface area contributed by atoms with E-state index in [-0.39, 0.29) is 5.41 Å². The maximum absolute atomic E-state index is 5.50. The zero-order valence-electron chi connectivity index (χ0n) is 12.0. The van der Waals surface area contributed by atoms with Gasteiger partial charge in [0.2, 0.25) is 0 Å². The minimum absolute atomic E-state index is 0.149. The molecule has 0 aliphatic heterocycles. The molecule has 0 unspecified atom stereocenters. The third-order valence-electron chi connectivity index (χ3n) is 2.90. The van der Waals surface area contributed by atoms with E-state index >= 15 is 0 Å². The number of rotatable bonds is 7. The Morgan fingerprint density at radius 2 is 1.83 bits per heavy atom. The van der Waals surface area contributed by atoms with Gasteiger partial charge in [0.25, 0.3) is 0 Å². The average Bonchev–Trinajstić information content (AvgIpc) is 2.29. The van der Waals surface area contributed by atoms with Gasteiger partial charge in [-0.3, -0.25) is 0 Å². The van der Waals surface area contributed by atoms with Crippen molar-refractivity contribution in [3.8, 4) is 0 Å². The molecule has 1 aromatic carbocycles. The van der Waals surface area contributed by atoms with Gasteiger partial charge >= 0.3 is 0 Å². The molecular weight excluding hydrogens is 240 g/mol. The molecule has 1 aromatic rings. The maximum Gasteiger partial charge on any atom is 0.00748 e. The van der Waals surface area contributed by atoms with Crippen LogP contribution in [0.15, 0.2) is 29.2 Å². The summed E-state index contributed by atoms with van der Waals surface area (Å²) in [4.78, 5) is 1.35. The highest BCUT2D eigenvalue weighted by Crippen LogP contribution is 2.27. The summed E-state index contributed by atoms with van der Waals surface area (Å²) < 4.78 is 0. The molecule has 0 heterocycles. The molecule has 0 aliphatic carbocycles. The van der Waals surface area contributed by atoms with E-state index in [9.17, 15) is 0 Å². The topological polar surface area (TPSA) is 38.0 Å². The summed E-state index contributed by atoms with van der Waals surface area (Å²) in [6, 6.07) is 8.94. The van der Waals surface area contributed by atoms with Gasteiger partial charge in [-0.05, 0) is 17.7 Å². The summed E-state index contributed by atoms with van der Waals surface area (Å²) in [5.41, 5.74) is 7.02. The monoisotopic (exact) mass is 266 g/mol. The molecule has 0 saturated heterocycles. The van der Waals surface area contributed by atoms with Crippen LogP contribution in [0, 0.1) is 0 Å². The molecule has 0 atom stereocenters. The van der Waals surface area contributed by atoms with Gasteiger partial charge < -0.3 is 11.1 Å². The van der Waals surface area contributed by atoms with Crippen molar-refractivity contribution in [3.05, 3.63) is 29.8 Å². The second-order valence-corrected chi connectivity index (χ2v) is 7.19. The van der Waals surface area contributed by atoms with Crippen LogP contribution in [-0.4, -0.2) is 24.9 Å². The summed E-state index contributed by atoms with van der Waals surface area (Å²) in [7, 11) is 0. The fraction of sp³-hybridized carbons (Fsp3) is 0.600. The molecule has 102 valence electrons. The zero-order valence-corrected chi connectivity index (χ0v) is 12.8. The van der Waals surface area contributed by atoms with E-state index in [2.05, 4.69) is 57.3 Å². The summed E-state index contributed by atoms with van der Waals surface area (Å²) >= 11 is 1.91. The molecular formula is C15H26N2S. The number of hydrogen-bond donors (Lipinski definition) is 2. The van der Waals surface area contributed by atoms with Crippen molar-refractivity contribution in [1.29, 1.82) is 0 Å². The molecule has 0 fully saturated rings. The third-order valence-corrected chi connectivity index (χ3v) is 3.91. The largest absolute Gasteiger partial charge is 0.329 e. The summed E-state index contributed by atoms with van der Waals surface area (Å²) in [5, 5.41) is 4.02.